The van der Waals surface area contributed by atoms with Crippen molar-refractivity contribution in [2.75, 3.05) is 5.32 Å². The van der Waals surface area contributed by atoms with Crippen molar-refractivity contribution in [1.82, 2.24) is 19.9 Å². The first-order valence-corrected chi connectivity index (χ1v) is 8.94. The predicted molar refractivity (Wildman–Crippen MR) is 105 cm³/mol. The number of carbonyl (C=O) groups excluding carboxylic acids is 1. The molecule has 6 nitrogen and oxygen atoms in total. The zero-order valence-corrected chi connectivity index (χ0v) is 15.5. The van der Waals surface area contributed by atoms with E-state index in [1.807, 2.05) is 61.2 Å². The van der Waals surface area contributed by atoms with Crippen LogP contribution in [-0.4, -0.2) is 31.8 Å². The number of hydrogen-bond donors (Lipinski definition) is 1. The number of nitrogens with zero attached hydrogens (tertiary/aromatic N) is 4. The molecule has 0 saturated carbocycles. The standard InChI is InChI=1S/C21H23N5O/c1-16(2)26(15-18-6-4-3-5-7-18)20(27)19-10-13-23-21(25-19)24-14-17-8-11-22-12-9-17/h3-13,16H,14-15H2,1-2H3,(H,23,24,25). The number of amides is 1. The molecule has 0 unspecified atom stereocenters. The fourth-order valence-corrected chi connectivity index (χ4v) is 2.66. The van der Waals surface area contributed by atoms with Gasteiger partial charge < -0.3 is 10.2 Å². The van der Waals surface area contributed by atoms with Crippen LogP contribution in [0, 0.1) is 0 Å². The van der Waals surface area contributed by atoms with Crippen molar-refractivity contribution in [3.05, 3.63) is 83.9 Å². The highest BCUT2D eigenvalue weighted by atomic mass is 16.2. The van der Waals surface area contributed by atoms with E-state index in [0.717, 1.165) is 11.1 Å². The molecule has 0 atom stereocenters. The summed E-state index contributed by atoms with van der Waals surface area (Å²) in [4.78, 5) is 27.4. The minimum Gasteiger partial charge on any atom is -0.350 e. The summed E-state index contributed by atoms with van der Waals surface area (Å²) in [6, 6.07) is 15.5. The van der Waals surface area contributed by atoms with Gasteiger partial charge in [0.05, 0.1) is 0 Å². The molecule has 2 heterocycles. The van der Waals surface area contributed by atoms with Gasteiger partial charge in [0.15, 0.2) is 0 Å². The second kappa shape index (κ2) is 8.89. The topological polar surface area (TPSA) is 71.0 Å². The van der Waals surface area contributed by atoms with Gasteiger partial charge in [-0.05, 0) is 43.2 Å². The fourth-order valence-electron chi connectivity index (χ4n) is 2.66. The second-order valence-corrected chi connectivity index (χ2v) is 6.49. The molecular formula is C21H23N5O. The van der Waals surface area contributed by atoms with E-state index in [2.05, 4.69) is 20.3 Å². The van der Waals surface area contributed by atoms with Crippen LogP contribution in [0.5, 0.6) is 0 Å². The normalized spacial score (nSPS) is 10.6. The Bertz CT molecular complexity index is 868. The highest BCUT2D eigenvalue weighted by molar-refractivity contribution is 5.92. The summed E-state index contributed by atoms with van der Waals surface area (Å²) in [6.45, 7) is 5.12. The van der Waals surface area contributed by atoms with E-state index in [1.54, 1.807) is 24.7 Å². The third-order valence-corrected chi connectivity index (χ3v) is 4.15. The number of anilines is 1. The lowest BCUT2D eigenvalue weighted by Crippen LogP contribution is -2.37. The molecule has 0 bridgehead atoms. The van der Waals surface area contributed by atoms with Crippen LogP contribution in [0.3, 0.4) is 0 Å². The quantitative estimate of drug-likeness (QED) is 0.697. The highest BCUT2D eigenvalue weighted by Gasteiger charge is 2.20. The second-order valence-electron chi connectivity index (χ2n) is 6.49. The monoisotopic (exact) mass is 361 g/mol. The molecule has 0 aliphatic rings. The molecule has 1 amide bonds. The molecule has 0 spiro atoms. The van der Waals surface area contributed by atoms with Crippen LogP contribution in [0.2, 0.25) is 0 Å². The minimum absolute atomic E-state index is 0.0564. The fraction of sp³-hybridized carbons (Fsp3) is 0.238. The Hall–Kier alpha value is -3.28. The van der Waals surface area contributed by atoms with Gasteiger partial charge in [0, 0.05) is 37.7 Å². The molecule has 1 aromatic carbocycles. The van der Waals surface area contributed by atoms with Crippen molar-refractivity contribution in [3.63, 3.8) is 0 Å². The van der Waals surface area contributed by atoms with Crippen molar-refractivity contribution < 1.29 is 4.79 Å². The van der Waals surface area contributed by atoms with Crippen molar-refractivity contribution in [1.29, 1.82) is 0 Å². The molecule has 0 fully saturated rings. The van der Waals surface area contributed by atoms with Crippen LogP contribution in [-0.2, 0) is 13.1 Å². The van der Waals surface area contributed by atoms with Gasteiger partial charge in [-0.15, -0.1) is 0 Å². The lowest BCUT2D eigenvalue weighted by atomic mass is 10.1. The number of pyridine rings is 1. The Kier molecular flexibility index (Phi) is 6.10. The molecule has 0 saturated heterocycles. The van der Waals surface area contributed by atoms with E-state index in [-0.39, 0.29) is 11.9 Å². The molecule has 6 heteroatoms. The number of rotatable bonds is 7. The van der Waals surface area contributed by atoms with Gasteiger partial charge in [-0.3, -0.25) is 9.78 Å². The van der Waals surface area contributed by atoms with Crippen LogP contribution >= 0.6 is 0 Å². The first-order valence-electron chi connectivity index (χ1n) is 8.94. The first kappa shape index (κ1) is 18.5. The molecule has 0 aliphatic carbocycles. The summed E-state index contributed by atoms with van der Waals surface area (Å²) < 4.78 is 0. The Morgan fingerprint density at radius 2 is 1.74 bits per heavy atom. The maximum atomic E-state index is 13.0. The van der Waals surface area contributed by atoms with E-state index in [4.69, 9.17) is 0 Å². The molecule has 27 heavy (non-hydrogen) atoms. The summed E-state index contributed by atoms with van der Waals surface area (Å²) >= 11 is 0. The van der Waals surface area contributed by atoms with Gasteiger partial charge in [0.2, 0.25) is 5.95 Å². The van der Waals surface area contributed by atoms with Gasteiger partial charge in [0.1, 0.15) is 5.69 Å². The Morgan fingerprint density at radius 3 is 2.44 bits per heavy atom. The molecule has 1 N–H and O–H groups in total. The summed E-state index contributed by atoms with van der Waals surface area (Å²) in [7, 11) is 0. The van der Waals surface area contributed by atoms with E-state index < -0.39 is 0 Å². The number of carbonyl (C=O) groups is 1. The maximum Gasteiger partial charge on any atom is 0.273 e. The van der Waals surface area contributed by atoms with Gasteiger partial charge in [-0.25, -0.2) is 9.97 Å². The summed E-state index contributed by atoms with van der Waals surface area (Å²) in [6.07, 6.45) is 5.08. The van der Waals surface area contributed by atoms with Gasteiger partial charge in [0.25, 0.3) is 5.91 Å². The lowest BCUT2D eigenvalue weighted by molar-refractivity contribution is 0.0684. The third-order valence-electron chi connectivity index (χ3n) is 4.15. The Labute approximate surface area is 159 Å². The van der Waals surface area contributed by atoms with Crippen molar-refractivity contribution in [2.24, 2.45) is 0 Å². The zero-order valence-electron chi connectivity index (χ0n) is 15.5. The zero-order chi connectivity index (χ0) is 19.1. The molecule has 3 aromatic rings. The molecular weight excluding hydrogens is 338 g/mol. The molecule has 0 radical (unpaired) electrons. The summed E-state index contributed by atoms with van der Waals surface area (Å²) in [5, 5.41) is 3.15. The smallest absolute Gasteiger partial charge is 0.273 e. The molecule has 2 aromatic heterocycles. The van der Waals surface area contributed by atoms with Gasteiger partial charge in [-0.2, -0.15) is 0 Å². The van der Waals surface area contributed by atoms with E-state index in [9.17, 15) is 4.79 Å². The lowest BCUT2D eigenvalue weighted by Gasteiger charge is -2.26. The third kappa shape index (κ3) is 5.10. The number of nitrogens with one attached hydrogen (secondary N) is 1. The van der Waals surface area contributed by atoms with Crippen LogP contribution in [0.4, 0.5) is 5.95 Å². The highest BCUT2D eigenvalue weighted by Crippen LogP contribution is 2.13. The van der Waals surface area contributed by atoms with E-state index >= 15 is 0 Å². The summed E-state index contributed by atoms with van der Waals surface area (Å²) in [5.74, 6) is 0.323. The first-order chi connectivity index (χ1) is 13.1. The van der Waals surface area contributed by atoms with Gasteiger partial charge in [-0.1, -0.05) is 30.3 Å². The number of aromatic nitrogens is 3. The van der Waals surface area contributed by atoms with Crippen molar-refractivity contribution in [2.45, 2.75) is 33.0 Å². The Morgan fingerprint density at radius 1 is 1.00 bits per heavy atom. The van der Waals surface area contributed by atoms with Crippen molar-refractivity contribution in [3.8, 4) is 0 Å². The van der Waals surface area contributed by atoms with Crippen molar-refractivity contribution >= 4 is 11.9 Å². The number of hydrogen-bond acceptors (Lipinski definition) is 5. The predicted octanol–water partition coefficient (Wildman–Crippen LogP) is 3.53. The minimum atomic E-state index is -0.108. The molecule has 138 valence electrons. The van der Waals surface area contributed by atoms with Crippen LogP contribution in [0.25, 0.3) is 0 Å². The molecule has 3 rings (SSSR count). The number of benzene rings is 1. The van der Waals surface area contributed by atoms with E-state index in [1.165, 1.54) is 0 Å². The SMILES string of the molecule is CC(C)N(Cc1ccccc1)C(=O)c1ccnc(NCc2ccncc2)n1. The average Bonchev–Trinajstić information content (AvgIpc) is 2.71. The van der Waals surface area contributed by atoms with Crippen LogP contribution in [0.1, 0.15) is 35.5 Å². The van der Waals surface area contributed by atoms with E-state index in [0.29, 0.717) is 24.7 Å². The van der Waals surface area contributed by atoms with Crippen LogP contribution < -0.4 is 5.32 Å². The Balaban J connectivity index is 1.72. The molecule has 0 aliphatic heterocycles. The maximum absolute atomic E-state index is 13.0. The average molecular weight is 361 g/mol. The largest absolute Gasteiger partial charge is 0.350 e. The van der Waals surface area contributed by atoms with Gasteiger partial charge >= 0.3 is 0 Å². The van der Waals surface area contributed by atoms with Crippen LogP contribution in [0.15, 0.2) is 67.1 Å². The summed E-state index contributed by atoms with van der Waals surface area (Å²) in [5.41, 5.74) is 2.54.